The summed E-state index contributed by atoms with van der Waals surface area (Å²) in [7, 11) is 0. The van der Waals surface area contributed by atoms with Crippen LogP contribution in [-0.2, 0) is 5.41 Å². The van der Waals surface area contributed by atoms with Gasteiger partial charge in [-0.05, 0) is 35.4 Å². The fourth-order valence-electron chi connectivity index (χ4n) is 2.10. The quantitative estimate of drug-likeness (QED) is 0.887. The molecule has 0 radical (unpaired) electrons. The van der Waals surface area contributed by atoms with Gasteiger partial charge in [-0.3, -0.25) is 0 Å². The Morgan fingerprint density at radius 2 is 1.26 bits per heavy atom. The Kier molecular flexibility index (Phi) is 3.67. The zero-order valence-electron chi connectivity index (χ0n) is 10.9. The largest absolute Gasteiger partial charge is 0.388 e. The third-order valence-corrected chi connectivity index (χ3v) is 3.46. The monoisotopic (exact) mass is 262 g/mol. The first-order chi connectivity index (χ1) is 8.91. The van der Waals surface area contributed by atoms with Gasteiger partial charge in [0.2, 0.25) is 0 Å². The van der Waals surface area contributed by atoms with Gasteiger partial charge in [-0.2, -0.15) is 0 Å². The normalized spacial score (nSPS) is 13.3. The lowest BCUT2D eigenvalue weighted by Crippen LogP contribution is -2.26. The molecule has 2 aromatic rings. The predicted molar refractivity (Wildman–Crippen MR) is 70.8 cm³/mol. The summed E-state index contributed by atoms with van der Waals surface area (Å²) in [5.41, 5.74) is 0.868. The van der Waals surface area contributed by atoms with Crippen LogP contribution in [0.15, 0.2) is 48.5 Å². The van der Waals surface area contributed by atoms with Crippen LogP contribution in [0.1, 0.15) is 31.1 Å². The van der Waals surface area contributed by atoms with E-state index in [2.05, 4.69) is 0 Å². The summed E-state index contributed by atoms with van der Waals surface area (Å²) in [6.45, 7) is 3.74. The summed E-state index contributed by atoms with van der Waals surface area (Å²) in [6.07, 6.45) is -0.793. The molecular weight excluding hydrogens is 246 g/mol. The van der Waals surface area contributed by atoms with Crippen LogP contribution in [-0.4, -0.2) is 5.11 Å². The van der Waals surface area contributed by atoms with Crippen molar-refractivity contribution in [2.75, 3.05) is 0 Å². The van der Waals surface area contributed by atoms with Crippen LogP contribution in [0.25, 0.3) is 0 Å². The van der Waals surface area contributed by atoms with E-state index >= 15 is 0 Å². The van der Waals surface area contributed by atoms with E-state index in [0.29, 0.717) is 5.56 Å². The van der Waals surface area contributed by atoms with Crippen molar-refractivity contribution in [3.63, 3.8) is 0 Å². The number of benzene rings is 2. The summed E-state index contributed by atoms with van der Waals surface area (Å²) >= 11 is 0. The molecule has 1 unspecified atom stereocenters. The van der Waals surface area contributed by atoms with Gasteiger partial charge in [0, 0.05) is 5.41 Å². The maximum atomic E-state index is 12.9. The lowest BCUT2D eigenvalue weighted by Gasteiger charge is -2.31. The molecule has 0 saturated heterocycles. The fraction of sp³-hybridized carbons (Fsp3) is 0.250. The van der Waals surface area contributed by atoms with E-state index in [-0.39, 0.29) is 11.6 Å². The van der Waals surface area contributed by atoms with Crippen LogP contribution in [0.4, 0.5) is 8.78 Å². The molecule has 0 aromatic heterocycles. The Morgan fingerprint density at radius 1 is 0.842 bits per heavy atom. The van der Waals surface area contributed by atoms with Crippen LogP contribution in [0.5, 0.6) is 0 Å². The number of aliphatic hydroxyl groups is 1. The molecule has 2 aromatic carbocycles. The molecule has 0 aliphatic rings. The van der Waals surface area contributed by atoms with Crippen molar-refractivity contribution >= 4 is 0 Å². The molecule has 0 amide bonds. The van der Waals surface area contributed by atoms with E-state index in [1.165, 1.54) is 24.3 Å². The maximum Gasteiger partial charge on any atom is 0.123 e. The molecule has 0 aliphatic carbocycles. The van der Waals surface area contributed by atoms with Gasteiger partial charge in [0.15, 0.2) is 0 Å². The second kappa shape index (κ2) is 5.10. The summed E-state index contributed by atoms with van der Waals surface area (Å²) in [5.74, 6) is -0.647. The average molecular weight is 262 g/mol. The second-order valence-corrected chi connectivity index (χ2v) is 5.18. The zero-order valence-corrected chi connectivity index (χ0v) is 10.9. The van der Waals surface area contributed by atoms with Crippen LogP contribution in [0.2, 0.25) is 0 Å². The molecule has 0 bridgehead atoms. The molecule has 1 nitrogen and oxygen atoms in total. The van der Waals surface area contributed by atoms with E-state index in [4.69, 9.17) is 0 Å². The van der Waals surface area contributed by atoms with E-state index in [1.54, 1.807) is 24.3 Å². The minimum atomic E-state index is -0.793. The minimum absolute atomic E-state index is 0.309. The average Bonchev–Trinajstić information content (AvgIpc) is 2.39. The van der Waals surface area contributed by atoms with Crippen molar-refractivity contribution in [2.24, 2.45) is 0 Å². The first kappa shape index (κ1) is 13.7. The van der Waals surface area contributed by atoms with E-state index in [9.17, 15) is 13.9 Å². The first-order valence-corrected chi connectivity index (χ1v) is 6.11. The lowest BCUT2D eigenvalue weighted by atomic mass is 9.77. The highest BCUT2D eigenvalue weighted by Crippen LogP contribution is 2.36. The lowest BCUT2D eigenvalue weighted by molar-refractivity contribution is 0.100. The standard InChI is InChI=1S/C16H16F2O/c1-16(2,12-5-9-14(18)10-6-12)15(19)11-3-7-13(17)8-4-11/h3-10,15,19H,1-2H3. The van der Waals surface area contributed by atoms with E-state index in [1.807, 2.05) is 13.8 Å². The van der Waals surface area contributed by atoms with Crippen LogP contribution >= 0.6 is 0 Å². The highest BCUT2D eigenvalue weighted by atomic mass is 19.1. The fourth-order valence-corrected chi connectivity index (χ4v) is 2.10. The van der Waals surface area contributed by atoms with Gasteiger partial charge in [-0.1, -0.05) is 38.1 Å². The Balaban J connectivity index is 2.32. The maximum absolute atomic E-state index is 12.9. The van der Waals surface area contributed by atoms with E-state index < -0.39 is 11.5 Å². The topological polar surface area (TPSA) is 20.2 Å². The van der Waals surface area contributed by atoms with Gasteiger partial charge in [0.25, 0.3) is 0 Å². The Labute approximate surface area is 111 Å². The number of rotatable bonds is 3. The van der Waals surface area contributed by atoms with Gasteiger partial charge in [0.05, 0.1) is 6.10 Å². The molecule has 0 fully saturated rings. The van der Waals surface area contributed by atoms with Gasteiger partial charge < -0.3 is 5.11 Å². The number of hydrogen-bond acceptors (Lipinski definition) is 1. The van der Waals surface area contributed by atoms with Crippen molar-refractivity contribution in [2.45, 2.75) is 25.4 Å². The Hall–Kier alpha value is -1.74. The minimum Gasteiger partial charge on any atom is -0.388 e. The Morgan fingerprint density at radius 3 is 1.74 bits per heavy atom. The van der Waals surface area contributed by atoms with E-state index in [0.717, 1.165) is 5.56 Å². The van der Waals surface area contributed by atoms with Crippen molar-refractivity contribution in [3.8, 4) is 0 Å². The highest BCUT2D eigenvalue weighted by molar-refractivity contribution is 5.30. The van der Waals surface area contributed by atoms with Crippen molar-refractivity contribution in [1.82, 2.24) is 0 Å². The molecule has 1 N–H and O–H groups in total. The van der Waals surface area contributed by atoms with Gasteiger partial charge in [-0.25, -0.2) is 8.78 Å². The van der Waals surface area contributed by atoms with Gasteiger partial charge in [-0.15, -0.1) is 0 Å². The molecule has 100 valence electrons. The van der Waals surface area contributed by atoms with Crippen LogP contribution in [0, 0.1) is 11.6 Å². The molecule has 19 heavy (non-hydrogen) atoms. The van der Waals surface area contributed by atoms with Gasteiger partial charge >= 0.3 is 0 Å². The SMILES string of the molecule is CC(C)(c1ccc(F)cc1)C(O)c1ccc(F)cc1. The molecule has 0 saturated carbocycles. The smallest absolute Gasteiger partial charge is 0.123 e. The summed E-state index contributed by atoms with van der Waals surface area (Å²) in [5, 5.41) is 10.4. The van der Waals surface area contributed by atoms with Crippen molar-refractivity contribution < 1.29 is 13.9 Å². The number of aliphatic hydroxyl groups excluding tert-OH is 1. The van der Waals surface area contributed by atoms with Gasteiger partial charge in [0.1, 0.15) is 11.6 Å². The van der Waals surface area contributed by atoms with Crippen LogP contribution < -0.4 is 0 Å². The predicted octanol–water partition coefficient (Wildman–Crippen LogP) is 3.98. The zero-order chi connectivity index (χ0) is 14.0. The highest BCUT2D eigenvalue weighted by Gasteiger charge is 2.31. The molecule has 1 atom stereocenters. The summed E-state index contributed by atoms with van der Waals surface area (Å²) < 4.78 is 25.8. The first-order valence-electron chi connectivity index (χ1n) is 6.11. The molecule has 2 rings (SSSR count). The third kappa shape index (κ3) is 2.82. The molecular formula is C16H16F2O. The van der Waals surface area contributed by atoms with Crippen LogP contribution in [0.3, 0.4) is 0 Å². The third-order valence-electron chi connectivity index (χ3n) is 3.46. The second-order valence-electron chi connectivity index (χ2n) is 5.18. The Bertz CT molecular complexity index is 544. The molecule has 0 spiro atoms. The summed E-state index contributed by atoms with van der Waals surface area (Å²) in [6, 6.07) is 11.8. The number of hydrogen-bond donors (Lipinski definition) is 1. The molecule has 3 heteroatoms. The molecule has 0 heterocycles. The summed E-state index contributed by atoms with van der Waals surface area (Å²) in [4.78, 5) is 0. The van der Waals surface area contributed by atoms with Crippen molar-refractivity contribution in [3.05, 3.63) is 71.3 Å². The van der Waals surface area contributed by atoms with Crippen molar-refractivity contribution in [1.29, 1.82) is 0 Å². The molecule has 0 aliphatic heterocycles. The number of halogens is 2.